The minimum absolute atomic E-state index is 0.186. The minimum atomic E-state index is -0.186. The average molecular weight is 273 g/mol. The van der Waals surface area contributed by atoms with Crippen LogP contribution in [-0.4, -0.2) is 30.3 Å². The standard InChI is InChI=1S/C18H27NO/c1-3-19(4-2)15-12-17(20)18(13-8-9-14-18)16-10-6-5-7-11-16/h5-7,10-11H,3-4,8-9,12-15H2,1-2H3. The fourth-order valence-electron chi connectivity index (χ4n) is 3.50. The van der Waals surface area contributed by atoms with Gasteiger partial charge in [-0.15, -0.1) is 0 Å². The second-order valence-corrected chi connectivity index (χ2v) is 5.86. The summed E-state index contributed by atoms with van der Waals surface area (Å²) in [5, 5.41) is 0. The van der Waals surface area contributed by atoms with Crippen LogP contribution in [0, 0.1) is 0 Å². The summed E-state index contributed by atoms with van der Waals surface area (Å²) < 4.78 is 0. The van der Waals surface area contributed by atoms with E-state index < -0.39 is 0 Å². The van der Waals surface area contributed by atoms with E-state index in [2.05, 4.69) is 43.0 Å². The average Bonchev–Trinajstić information content (AvgIpc) is 3.00. The molecule has 0 aromatic heterocycles. The van der Waals surface area contributed by atoms with E-state index in [0.29, 0.717) is 12.2 Å². The third-order valence-corrected chi connectivity index (χ3v) is 4.87. The topological polar surface area (TPSA) is 20.3 Å². The van der Waals surface area contributed by atoms with Crippen LogP contribution < -0.4 is 0 Å². The van der Waals surface area contributed by atoms with Gasteiger partial charge in [-0.3, -0.25) is 4.79 Å². The van der Waals surface area contributed by atoms with Gasteiger partial charge < -0.3 is 4.90 Å². The molecule has 0 aliphatic heterocycles. The summed E-state index contributed by atoms with van der Waals surface area (Å²) in [7, 11) is 0. The number of Topliss-reactive ketones (excluding diaryl/α,β-unsaturated/α-hetero) is 1. The highest BCUT2D eigenvalue weighted by atomic mass is 16.1. The zero-order chi connectivity index (χ0) is 14.4. The van der Waals surface area contributed by atoms with Crippen molar-refractivity contribution in [2.45, 2.75) is 51.4 Å². The normalized spacial score (nSPS) is 17.6. The molecule has 110 valence electrons. The molecule has 0 spiro atoms. The zero-order valence-electron chi connectivity index (χ0n) is 12.9. The molecule has 1 fully saturated rings. The number of hydrogen-bond acceptors (Lipinski definition) is 2. The van der Waals surface area contributed by atoms with E-state index in [9.17, 15) is 4.79 Å². The Labute approximate surface area is 123 Å². The molecule has 1 saturated carbocycles. The summed E-state index contributed by atoms with van der Waals surface area (Å²) in [6, 6.07) is 10.4. The summed E-state index contributed by atoms with van der Waals surface area (Å²) in [5.41, 5.74) is 1.05. The number of nitrogens with zero attached hydrogens (tertiary/aromatic N) is 1. The van der Waals surface area contributed by atoms with Gasteiger partial charge in [0.1, 0.15) is 5.78 Å². The summed E-state index contributed by atoms with van der Waals surface area (Å²) in [4.78, 5) is 15.2. The molecular weight excluding hydrogens is 246 g/mol. The molecular formula is C18H27NO. The van der Waals surface area contributed by atoms with E-state index in [0.717, 1.165) is 32.5 Å². The lowest BCUT2D eigenvalue weighted by molar-refractivity contribution is -0.124. The summed E-state index contributed by atoms with van der Waals surface area (Å²) in [6.45, 7) is 7.29. The first-order chi connectivity index (χ1) is 9.73. The van der Waals surface area contributed by atoms with Crippen molar-refractivity contribution in [1.29, 1.82) is 0 Å². The first-order valence-corrected chi connectivity index (χ1v) is 8.04. The summed E-state index contributed by atoms with van der Waals surface area (Å²) >= 11 is 0. The monoisotopic (exact) mass is 273 g/mol. The van der Waals surface area contributed by atoms with Crippen molar-refractivity contribution in [1.82, 2.24) is 4.90 Å². The lowest BCUT2D eigenvalue weighted by Crippen LogP contribution is -2.36. The van der Waals surface area contributed by atoms with Crippen LogP contribution in [0.2, 0.25) is 0 Å². The third-order valence-electron chi connectivity index (χ3n) is 4.87. The molecule has 1 aromatic rings. The number of carbonyl (C=O) groups is 1. The van der Waals surface area contributed by atoms with E-state index in [1.54, 1.807) is 0 Å². The minimum Gasteiger partial charge on any atom is -0.303 e. The predicted octanol–water partition coefficient (Wildman–Crippen LogP) is 3.80. The van der Waals surface area contributed by atoms with Crippen LogP contribution in [0.3, 0.4) is 0 Å². The highest BCUT2D eigenvalue weighted by Gasteiger charge is 2.41. The van der Waals surface area contributed by atoms with Crippen molar-refractivity contribution in [3.8, 4) is 0 Å². The second-order valence-electron chi connectivity index (χ2n) is 5.86. The Bertz CT molecular complexity index is 416. The first-order valence-electron chi connectivity index (χ1n) is 8.04. The smallest absolute Gasteiger partial charge is 0.144 e. The second kappa shape index (κ2) is 7.03. The van der Waals surface area contributed by atoms with Crippen LogP contribution in [0.15, 0.2) is 30.3 Å². The van der Waals surface area contributed by atoms with Crippen LogP contribution in [0.5, 0.6) is 0 Å². The fourth-order valence-corrected chi connectivity index (χ4v) is 3.50. The molecule has 1 aromatic carbocycles. The molecule has 0 amide bonds. The van der Waals surface area contributed by atoms with E-state index >= 15 is 0 Å². The Morgan fingerprint density at radius 1 is 1.10 bits per heavy atom. The number of rotatable bonds is 7. The SMILES string of the molecule is CCN(CC)CCC(=O)C1(c2ccccc2)CCCC1. The number of ketones is 1. The van der Waals surface area contributed by atoms with Gasteiger partial charge in [-0.2, -0.15) is 0 Å². The maximum atomic E-state index is 12.9. The fraction of sp³-hybridized carbons (Fsp3) is 0.611. The molecule has 2 nitrogen and oxygen atoms in total. The van der Waals surface area contributed by atoms with Crippen molar-refractivity contribution < 1.29 is 4.79 Å². The van der Waals surface area contributed by atoms with Gasteiger partial charge in [0.15, 0.2) is 0 Å². The molecule has 1 aliphatic rings. The maximum absolute atomic E-state index is 12.9. The van der Waals surface area contributed by atoms with Gasteiger partial charge in [0.2, 0.25) is 0 Å². The van der Waals surface area contributed by atoms with Crippen molar-refractivity contribution in [3.63, 3.8) is 0 Å². The Balaban J connectivity index is 2.11. The van der Waals surface area contributed by atoms with Gasteiger partial charge in [0.05, 0.1) is 5.41 Å². The molecule has 2 heteroatoms. The molecule has 2 rings (SSSR count). The lowest BCUT2D eigenvalue weighted by atomic mass is 9.74. The number of carbonyl (C=O) groups excluding carboxylic acids is 1. The number of benzene rings is 1. The van der Waals surface area contributed by atoms with Crippen molar-refractivity contribution in [2.24, 2.45) is 0 Å². The van der Waals surface area contributed by atoms with E-state index in [4.69, 9.17) is 0 Å². The molecule has 0 atom stereocenters. The Hall–Kier alpha value is -1.15. The Morgan fingerprint density at radius 3 is 2.25 bits per heavy atom. The van der Waals surface area contributed by atoms with Gasteiger partial charge in [0.25, 0.3) is 0 Å². The lowest BCUT2D eigenvalue weighted by Gasteiger charge is -2.29. The predicted molar refractivity (Wildman–Crippen MR) is 84.0 cm³/mol. The maximum Gasteiger partial charge on any atom is 0.144 e. The van der Waals surface area contributed by atoms with Gasteiger partial charge in [-0.1, -0.05) is 57.0 Å². The molecule has 0 radical (unpaired) electrons. The van der Waals surface area contributed by atoms with Gasteiger partial charge >= 0.3 is 0 Å². The molecule has 0 unspecified atom stereocenters. The molecule has 0 heterocycles. The van der Waals surface area contributed by atoms with Crippen molar-refractivity contribution >= 4 is 5.78 Å². The first kappa shape index (κ1) is 15.2. The van der Waals surface area contributed by atoms with E-state index in [-0.39, 0.29) is 5.41 Å². The third kappa shape index (κ3) is 3.12. The Kier molecular flexibility index (Phi) is 5.36. The largest absolute Gasteiger partial charge is 0.303 e. The van der Waals surface area contributed by atoms with E-state index in [1.807, 2.05) is 6.07 Å². The molecule has 0 bridgehead atoms. The summed E-state index contributed by atoms with van der Waals surface area (Å²) in [5.74, 6) is 0.452. The van der Waals surface area contributed by atoms with Gasteiger partial charge in [-0.25, -0.2) is 0 Å². The number of hydrogen-bond donors (Lipinski definition) is 0. The molecule has 20 heavy (non-hydrogen) atoms. The van der Waals surface area contributed by atoms with Crippen LogP contribution in [0.1, 0.15) is 51.5 Å². The summed E-state index contributed by atoms with van der Waals surface area (Å²) in [6.07, 6.45) is 5.14. The van der Waals surface area contributed by atoms with Crippen LogP contribution >= 0.6 is 0 Å². The molecule has 0 saturated heterocycles. The highest BCUT2D eigenvalue weighted by Crippen LogP contribution is 2.42. The zero-order valence-corrected chi connectivity index (χ0v) is 12.9. The van der Waals surface area contributed by atoms with Gasteiger partial charge in [0, 0.05) is 13.0 Å². The van der Waals surface area contributed by atoms with Crippen LogP contribution in [-0.2, 0) is 10.2 Å². The highest BCUT2D eigenvalue weighted by molar-refractivity contribution is 5.90. The quantitative estimate of drug-likeness (QED) is 0.753. The van der Waals surface area contributed by atoms with Crippen molar-refractivity contribution in [2.75, 3.05) is 19.6 Å². The molecule has 1 aliphatic carbocycles. The Morgan fingerprint density at radius 2 is 1.70 bits per heavy atom. The van der Waals surface area contributed by atoms with Gasteiger partial charge in [-0.05, 0) is 31.5 Å². The molecule has 0 N–H and O–H groups in total. The van der Waals surface area contributed by atoms with E-state index in [1.165, 1.54) is 18.4 Å². The van der Waals surface area contributed by atoms with Crippen LogP contribution in [0.4, 0.5) is 0 Å². The van der Waals surface area contributed by atoms with Crippen LogP contribution in [0.25, 0.3) is 0 Å². The van der Waals surface area contributed by atoms with Crippen molar-refractivity contribution in [3.05, 3.63) is 35.9 Å².